The zero-order valence-electron chi connectivity index (χ0n) is 30.4. The molecule has 0 radical (unpaired) electrons. The lowest BCUT2D eigenvalue weighted by atomic mass is 9.80. The zero-order valence-corrected chi connectivity index (χ0v) is 30.4. The maximum absolute atomic E-state index is 9.75. The molecule has 0 fully saturated rings. The summed E-state index contributed by atoms with van der Waals surface area (Å²) in [6, 6.07) is 45.9. The maximum atomic E-state index is 9.75. The molecule has 0 aliphatic rings. The smallest absolute Gasteiger partial charge is 0.143 e. The van der Waals surface area contributed by atoms with E-state index in [4.69, 9.17) is 14.2 Å². The summed E-state index contributed by atoms with van der Waals surface area (Å²) in [5.74, 6) is 1.57. The first-order valence-corrected chi connectivity index (χ1v) is 18.2. The molecule has 1 N–H and O–H groups in total. The highest BCUT2D eigenvalue weighted by Gasteiger charge is 2.37. The standard InChI is InChI=1S/C45H46N4O4/c1-51-40-22-18-37(19-23-40)45(36-14-4-3-5-15-36,38-20-24-41(52-2)25-21-38)53-29-11-27-48(26-10-28-50)31-39-32-49(47-46-39)33-44-42-16-8-6-12-34(42)30-35-13-7-9-17-43(35)44/h3-9,12-25,30,32,50H,10-11,26-29,31,33H2,1-2H3. The number of ether oxygens (including phenoxy) is 3. The number of aliphatic hydroxyl groups excluding tert-OH is 1. The van der Waals surface area contributed by atoms with Crippen molar-refractivity contribution in [1.82, 2.24) is 19.9 Å². The molecular weight excluding hydrogens is 661 g/mol. The molecule has 1 heterocycles. The Morgan fingerprint density at radius 1 is 0.660 bits per heavy atom. The van der Waals surface area contributed by atoms with E-state index in [1.54, 1.807) is 14.2 Å². The van der Waals surface area contributed by atoms with Crippen LogP contribution in [0, 0.1) is 0 Å². The number of rotatable bonds is 17. The second kappa shape index (κ2) is 16.9. The number of aromatic nitrogens is 3. The van der Waals surface area contributed by atoms with Crippen molar-refractivity contribution in [2.45, 2.75) is 31.5 Å². The van der Waals surface area contributed by atoms with Gasteiger partial charge in [-0.3, -0.25) is 4.90 Å². The Kier molecular flexibility index (Phi) is 11.4. The van der Waals surface area contributed by atoms with Crippen LogP contribution in [0.15, 0.2) is 140 Å². The minimum absolute atomic E-state index is 0.125. The van der Waals surface area contributed by atoms with E-state index < -0.39 is 5.60 Å². The van der Waals surface area contributed by atoms with E-state index >= 15 is 0 Å². The fourth-order valence-electron chi connectivity index (χ4n) is 7.31. The summed E-state index contributed by atoms with van der Waals surface area (Å²) in [6.45, 7) is 3.35. The first-order chi connectivity index (χ1) is 26.1. The summed E-state index contributed by atoms with van der Waals surface area (Å²) in [5.41, 5.74) is 4.29. The van der Waals surface area contributed by atoms with E-state index in [0.29, 0.717) is 26.1 Å². The van der Waals surface area contributed by atoms with E-state index in [-0.39, 0.29) is 6.61 Å². The van der Waals surface area contributed by atoms with Gasteiger partial charge >= 0.3 is 0 Å². The van der Waals surface area contributed by atoms with Gasteiger partial charge in [0.1, 0.15) is 17.1 Å². The monoisotopic (exact) mass is 706 g/mol. The van der Waals surface area contributed by atoms with Crippen molar-refractivity contribution < 1.29 is 19.3 Å². The summed E-state index contributed by atoms with van der Waals surface area (Å²) >= 11 is 0. The second-order valence-corrected chi connectivity index (χ2v) is 13.3. The Morgan fingerprint density at radius 3 is 1.79 bits per heavy atom. The van der Waals surface area contributed by atoms with E-state index in [2.05, 4.69) is 106 Å². The van der Waals surface area contributed by atoms with Crippen molar-refractivity contribution in [3.8, 4) is 11.5 Å². The molecule has 53 heavy (non-hydrogen) atoms. The predicted octanol–water partition coefficient (Wildman–Crippen LogP) is 8.23. The van der Waals surface area contributed by atoms with Gasteiger partial charge in [0, 0.05) is 32.8 Å². The molecule has 1 aromatic heterocycles. The summed E-state index contributed by atoms with van der Waals surface area (Å²) in [6.07, 6.45) is 3.48. The molecule has 8 heteroatoms. The summed E-state index contributed by atoms with van der Waals surface area (Å²) in [7, 11) is 3.35. The van der Waals surface area contributed by atoms with Gasteiger partial charge in [-0.2, -0.15) is 0 Å². The molecule has 0 amide bonds. The van der Waals surface area contributed by atoms with Crippen LogP contribution in [0.5, 0.6) is 11.5 Å². The molecule has 7 rings (SSSR count). The number of benzene rings is 6. The highest BCUT2D eigenvalue weighted by molar-refractivity contribution is 6.02. The summed E-state index contributed by atoms with van der Waals surface area (Å²) < 4.78 is 20.0. The minimum Gasteiger partial charge on any atom is -0.497 e. The Morgan fingerprint density at radius 2 is 1.21 bits per heavy atom. The minimum atomic E-state index is -0.871. The van der Waals surface area contributed by atoms with Crippen molar-refractivity contribution in [3.05, 3.63) is 168 Å². The molecular formula is C45H46N4O4. The molecule has 0 saturated heterocycles. The van der Waals surface area contributed by atoms with Gasteiger partial charge in [-0.25, -0.2) is 4.68 Å². The Hall–Kier alpha value is -5.54. The molecule has 7 aromatic rings. The average Bonchev–Trinajstić information content (AvgIpc) is 3.66. The van der Waals surface area contributed by atoms with E-state index in [1.165, 1.54) is 27.1 Å². The zero-order chi connectivity index (χ0) is 36.5. The lowest BCUT2D eigenvalue weighted by molar-refractivity contribution is 0.00748. The largest absolute Gasteiger partial charge is 0.497 e. The van der Waals surface area contributed by atoms with Crippen molar-refractivity contribution in [3.63, 3.8) is 0 Å². The third-order valence-electron chi connectivity index (χ3n) is 9.92. The van der Waals surface area contributed by atoms with Crippen LogP contribution < -0.4 is 9.47 Å². The van der Waals surface area contributed by atoms with Gasteiger partial charge in [0.15, 0.2) is 0 Å². The SMILES string of the molecule is COc1ccc(C(OCCCN(CCCO)Cc2cn(Cc3c4ccccc4cc4ccccc34)nn2)(c2ccccc2)c2ccc(OC)cc2)cc1. The summed E-state index contributed by atoms with van der Waals surface area (Å²) in [5, 5.41) is 23.8. The first-order valence-electron chi connectivity index (χ1n) is 18.2. The fourth-order valence-corrected chi connectivity index (χ4v) is 7.31. The average molecular weight is 707 g/mol. The van der Waals surface area contributed by atoms with Crippen molar-refractivity contribution in [2.75, 3.05) is 40.5 Å². The first kappa shape index (κ1) is 35.8. The van der Waals surface area contributed by atoms with E-state index in [0.717, 1.165) is 53.4 Å². The topological polar surface area (TPSA) is 81.9 Å². The van der Waals surface area contributed by atoms with Gasteiger partial charge < -0.3 is 19.3 Å². The van der Waals surface area contributed by atoms with Crippen LogP contribution >= 0.6 is 0 Å². The van der Waals surface area contributed by atoms with Crippen molar-refractivity contribution in [2.24, 2.45) is 0 Å². The molecule has 0 aliphatic carbocycles. The van der Waals surface area contributed by atoms with Crippen LogP contribution in [0.3, 0.4) is 0 Å². The van der Waals surface area contributed by atoms with E-state index in [9.17, 15) is 5.11 Å². The van der Waals surface area contributed by atoms with Crippen molar-refractivity contribution in [1.29, 1.82) is 0 Å². The maximum Gasteiger partial charge on any atom is 0.143 e. The third-order valence-corrected chi connectivity index (χ3v) is 9.92. The number of hydrogen-bond donors (Lipinski definition) is 1. The van der Waals surface area contributed by atoms with Gasteiger partial charge in [0.25, 0.3) is 0 Å². The molecule has 0 spiro atoms. The van der Waals surface area contributed by atoms with Gasteiger partial charge in [0.05, 0.1) is 32.7 Å². The number of nitrogens with zero attached hydrogens (tertiary/aromatic N) is 4. The van der Waals surface area contributed by atoms with Crippen LogP contribution in [0.1, 0.15) is 40.8 Å². The highest BCUT2D eigenvalue weighted by atomic mass is 16.5. The quantitative estimate of drug-likeness (QED) is 0.0581. The number of hydrogen-bond acceptors (Lipinski definition) is 7. The van der Waals surface area contributed by atoms with Crippen LogP contribution in [-0.4, -0.2) is 65.5 Å². The predicted molar refractivity (Wildman–Crippen MR) is 210 cm³/mol. The van der Waals surface area contributed by atoms with Crippen LogP contribution in [0.25, 0.3) is 21.5 Å². The van der Waals surface area contributed by atoms with Crippen LogP contribution in [-0.2, 0) is 23.4 Å². The fraction of sp³-hybridized carbons (Fsp3) is 0.244. The molecule has 6 aromatic carbocycles. The van der Waals surface area contributed by atoms with Crippen LogP contribution in [0.2, 0.25) is 0 Å². The second-order valence-electron chi connectivity index (χ2n) is 13.3. The molecule has 0 unspecified atom stereocenters. The Labute approximate surface area is 311 Å². The number of aliphatic hydroxyl groups is 1. The molecule has 8 nitrogen and oxygen atoms in total. The highest BCUT2D eigenvalue weighted by Crippen LogP contribution is 2.42. The Bertz CT molecular complexity index is 2120. The normalized spacial score (nSPS) is 11.8. The third kappa shape index (κ3) is 7.95. The van der Waals surface area contributed by atoms with Gasteiger partial charge in [-0.05, 0) is 87.0 Å². The number of methoxy groups -OCH3 is 2. The van der Waals surface area contributed by atoms with Gasteiger partial charge in [-0.15, -0.1) is 5.10 Å². The molecule has 0 aliphatic heterocycles. The van der Waals surface area contributed by atoms with E-state index in [1.807, 2.05) is 53.3 Å². The Balaban J connectivity index is 1.10. The summed E-state index contributed by atoms with van der Waals surface area (Å²) in [4.78, 5) is 2.33. The molecule has 0 bridgehead atoms. The van der Waals surface area contributed by atoms with Crippen LogP contribution in [0.4, 0.5) is 0 Å². The van der Waals surface area contributed by atoms with Gasteiger partial charge in [-0.1, -0.05) is 108 Å². The number of fused-ring (bicyclic) bond motifs is 2. The lowest BCUT2D eigenvalue weighted by Crippen LogP contribution is -2.34. The molecule has 0 saturated carbocycles. The molecule has 0 atom stereocenters. The van der Waals surface area contributed by atoms with Crippen molar-refractivity contribution >= 4 is 21.5 Å². The van der Waals surface area contributed by atoms with Gasteiger partial charge in [0.2, 0.25) is 0 Å². The lowest BCUT2D eigenvalue weighted by Gasteiger charge is -2.36. The molecule has 270 valence electrons.